The van der Waals surface area contributed by atoms with Gasteiger partial charge in [-0.15, -0.1) is 0 Å². The number of carbonyl (C=O) groups is 3. The predicted octanol–water partition coefficient (Wildman–Crippen LogP) is 3.72. The molecule has 0 saturated carbocycles. The molecule has 0 aliphatic carbocycles. The maximum absolute atomic E-state index is 13.6. The first-order chi connectivity index (χ1) is 19.2. The lowest BCUT2D eigenvalue weighted by atomic mass is 9.85. The second-order valence-electron chi connectivity index (χ2n) is 9.85. The van der Waals surface area contributed by atoms with Crippen molar-refractivity contribution in [3.8, 4) is 17.1 Å². The zero-order valence-electron chi connectivity index (χ0n) is 21.7. The number of ether oxygens (including phenoxy) is 3. The van der Waals surface area contributed by atoms with Gasteiger partial charge in [-0.1, -0.05) is 18.6 Å². The number of aryl methyl sites for hydroxylation is 1. The quantitative estimate of drug-likeness (QED) is 0.320. The molecule has 0 saturated heterocycles. The molecule has 0 spiro atoms. The normalized spacial score (nSPS) is 17.0. The Morgan fingerprint density at radius 3 is 2.60 bits per heavy atom. The molecule has 0 fully saturated rings. The van der Waals surface area contributed by atoms with E-state index in [9.17, 15) is 19.2 Å². The van der Waals surface area contributed by atoms with Gasteiger partial charge in [0.25, 0.3) is 5.56 Å². The Morgan fingerprint density at radius 1 is 1.10 bits per heavy atom. The molecule has 1 atom stereocenters. The van der Waals surface area contributed by atoms with Gasteiger partial charge in [0.05, 0.1) is 34.6 Å². The molecule has 4 aromatic rings. The first kappa shape index (κ1) is 25.3. The molecule has 0 radical (unpaired) electrons. The Labute approximate surface area is 227 Å². The number of cyclic esters (lactones) is 1. The zero-order valence-corrected chi connectivity index (χ0v) is 21.7. The molecule has 0 bridgehead atoms. The van der Waals surface area contributed by atoms with Crippen LogP contribution in [-0.2, 0) is 37.8 Å². The molecule has 1 unspecified atom stereocenters. The molecule has 202 valence electrons. The van der Waals surface area contributed by atoms with Crippen LogP contribution in [0.25, 0.3) is 22.3 Å². The fourth-order valence-corrected chi connectivity index (χ4v) is 5.32. The van der Waals surface area contributed by atoms with E-state index in [0.717, 1.165) is 22.0 Å². The number of benzene rings is 2. The Bertz CT molecular complexity index is 1790. The van der Waals surface area contributed by atoms with Crippen LogP contribution < -0.4 is 10.3 Å². The van der Waals surface area contributed by atoms with Crippen LogP contribution in [0.5, 0.6) is 5.75 Å². The summed E-state index contributed by atoms with van der Waals surface area (Å²) in [5, 5.41) is 10.0. The number of pyridine rings is 2. The summed E-state index contributed by atoms with van der Waals surface area (Å²) in [6, 6.07) is 15.2. The SMILES string of the molecule is CCC1(OC(=O)COc2ccc(C(=O)O)cc2)C(=O)OCc2c1cc1n(c2=O)Cc2cc3cc(C)ccc3nc2-1. The second-order valence-corrected chi connectivity index (χ2v) is 9.85. The third kappa shape index (κ3) is 4.00. The number of hydrogen-bond donors (Lipinski definition) is 1. The summed E-state index contributed by atoms with van der Waals surface area (Å²) >= 11 is 0. The Kier molecular flexibility index (Phi) is 5.90. The van der Waals surface area contributed by atoms with Crippen molar-refractivity contribution in [2.24, 2.45) is 0 Å². The van der Waals surface area contributed by atoms with Crippen molar-refractivity contribution in [1.82, 2.24) is 9.55 Å². The number of fused-ring (bicyclic) bond motifs is 5. The van der Waals surface area contributed by atoms with E-state index in [1.807, 2.05) is 31.2 Å². The molecule has 6 rings (SSSR count). The first-order valence-electron chi connectivity index (χ1n) is 12.7. The number of nitrogens with zero attached hydrogens (tertiary/aromatic N) is 2. The number of carboxylic acids is 1. The molecular weight excluding hydrogens is 516 g/mol. The number of hydrogen-bond acceptors (Lipinski definition) is 8. The highest BCUT2D eigenvalue weighted by molar-refractivity contribution is 5.89. The Morgan fingerprint density at radius 2 is 1.88 bits per heavy atom. The number of rotatable bonds is 6. The van der Waals surface area contributed by atoms with Gasteiger partial charge in [0.15, 0.2) is 6.61 Å². The highest BCUT2D eigenvalue weighted by atomic mass is 16.6. The smallest absolute Gasteiger partial charge is 0.355 e. The lowest BCUT2D eigenvalue weighted by molar-refractivity contribution is -0.190. The second kappa shape index (κ2) is 9.33. The minimum Gasteiger partial charge on any atom is -0.482 e. The van der Waals surface area contributed by atoms with Crippen LogP contribution in [0.3, 0.4) is 0 Å². The molecule has 2 aliphatic heterocycles. The molecule has 10 nitrogen and oxygen atoms in total. The maximum Gasteiger partial charge on any atom is 0.355 e. The van der Waals surface area contributed by atoms with Crippen LogP contribution in [0.2, 0.25) is 0 Å². The number of esters is 2. The van der Waals surface area contributed by atoms with Gasteiger partial charge in [-0.3, -0.25) is 4.79 Å². The van der Waals surface area contributed by atoms with Gasteiger partial charge < -0.3 is 23.9 Å². The summed E-state index contributed by atoms with van der Waals surface area (Å²) in [5.74, 6) is -2.46. The third-order valence-electron chi connectivity index (χ3n) is 7.38. The molecule has 4 heterocycles. The Hall–Kier alpha value is -4.99. The van der Waals surface area contributed by atoms with Gasteiger partial charge >= 0.3 is 17.9 Å². The van der Waals surface area contributed by atoms with E-state index in [2.05, 4.69) is 0 Å². The molecule has 2 aromatic heterocycles. The van der Waals surface area contributed by atoms with Crippen molar-refractivity contribution < 1.29 is 33.7 Å². The molecule has 2 aromatic carbocycles. The minimum absolute atomic E-state index is 0.0259. The number of aromatic carboxylic acids is 1. The lowest BCUT2D eigenvalue weighted by Gasteiger charge is -2.35. The third-order valence-corrected chi connectivity index (χ3v) is 7.38. The van der Waals surface area contributed by atoms with Gasteiger partial charge in [-0.25, -0.2) is 19.4 Å². The van der Waals surface area contributed by atoms with E-state index >= 15 is 0 Å². The van der Waals surface area contributed by atoms with Crippen LogP contribution in [0, 0.1) is 6.92 Å². The maximum atomic E-state index is 13.6. The molecule has 40 heavy (non-hydrogen) atoms. The molecule has 0 amide bonds. The van der Waals surface area contributed by atoms with E-state index in [4.69, 9.17) is 24.3 Å². The van der Waals surface area contributed by atoms with E-state index in [-0.39, 0.29) is 41.0 Å². The molecular formula is C30H24N2O8. The van der Waals surface area contributed by atoms with Gasteiger partial charge in [0, 0.05) is 16.5 Å². The van der Waals surface area contributed by atoms with Gasteiger partial charge in [0.2, 0.25) is 5.60 Å². The van der Waals surface area contributed by atoms with Crippen LogP contribution in [-0.4, -0.2) is 39.2 Å². The largest absolute Gasteiger partial charge is 0.482 e. The molecule has 10 heteroatoms. The average molecular weight is 541 g/mol. The number of aromatic nitrogens is 2. The summed E-state index contributed by atoms with van der Waals surface area (Å²) in [6.45, 7) is 3.22. The van der Waals surface area contributed by atoms with Crippen molar-refractivity contribution in [3.05, 3.63) is 92.8 Å². The summed E-state index contributed by atoms with van der Waals surface area (Å²) in [5.41, 5.74) is 2.36. The van der Waals surface area contributed by atoms with Crippen LogP contribution >= 0.6 is 0 Å². The van der Waals surface area contributed by atoms with Crippen LogP contribution in [0.1, 0.15) is 46.0 Å². The topological polar surface area (TPSA) is 134 Å². The van der Waals surface area contributed by atoms with Crippen molar-refractivity contribution >= 4 is 28.8 Å². The van der Waals surface area contributed by atoms with Crippen molar-refractivity contribution in [1.29, 1.82) is 0 Å². The highest BCUT2D eigenvalue weighted by Gasteiger charge is 2.50. The van der Waals surface area contributed by atoms with Gasteiger partial charge in [0.1, 0.15) is 12.4 Å². The first-order valence-corrected chi connectivity index (χ1v) is 12.7. The molecule has 1 N–H and O–H groups in total. The van der Waals surface area contributed by atoms with Crippen molar-refractivity contribution in [2.45, 2.75) is 39.0 Å². The van der Waals surface area contributed by atoms with E-state index < -0.39 is 30.1 Å². The van der Waals surface area contributed by atoms with Gasteiger partial charge in [-0.05, 0) is 61.9 Å². The summed E-state index contributed by atoms with van der Waals surface area (Å²) in [6.07, 6.45) is 0.0259. The van der Waals surface area contributed by atoms with Crippen molar-refractivity contribution in [2.75, 3.05) is 6.61 Å². The summed E-state index contributed by atoms with van der Waals surface area (Å²) in [4.78, 5) is 55.6. The average Bonchev–Trinajstić information content (AvgIpc) is 3.30. The number of carboxylic acid groups (broad SMARTS) is 1. The lowest BCUT2D eigenvalue weighted by Crippen LogP contribution is -2.48. The van der Waals surface area contributed by atoms with Crippen molar-refractivity contribution in [3.63, 3.8) is 0 Å². The standard InChI is InChI=1S/C30H24N2O8/c1-3-30(40-25(33)15-38-20-7-5-17(6-8-20)28(35)36)22-12-24-26-19(11-18-10-16(2)4-9-23(18)31-26)13-32(24)27(34)21(22)14-39-29(30)37/h4-12H,3,13-15H2,1-2H3,(H,35,36). The minimum atomic E-state index is -1.84. The van der Waals surface area contributed by atoms with Crippen LogP contribution in [0.4, 0.5) is 0 Å². The van der Waals surface area contributed by atoms with Gasteiger partial charge in [-0.2, -0.15) is 0 Å². The predicted molar refractivity (Wildman–Crippen MR) is 142 cm³/mol. The Balaban J connectivity index is 1.35. The fourth-order valence-electron chi connectivity index (χ4n) is 5.32. The zero-order chi connectivity index (χ0) is 28.2. The highest BCUT2D eigenvalue weighted by Crippen LogP contribution is 2.41. The fraction of sp³-hybridized carbons (Fsp3) is 0.233. The van der Waals surface area contributed by atoms with E-state index in [1.165, 1.54) is 24.3 Å². The van der Waals surface area contributed by atoms with E-state index in [0.29, 0.717) is 17.9 Å². The van der Waals surface area contributed by atoms with Crippen LogP contribution in [0.15, 0.2) is 59.4 Å². The summed E-state index contributed by atoms with van der Waals surface area (Å²) < 4.78 is 18.2. The summed E-state index contributed by atoms with van der Waals surface area (Å²) in [7, 11) is 0. The molecule has 2 aliphatic rings. The monoisotopic (exact) mass is 540 g/mol. The van der Waals surface area contributed by atoms with E-state index in [1.54, 1.807) is 17.6 Å². The number of carbonyl (C=O) groups excluding carboxylic acids is 2.